The van der Waals surface area contributed by atoms with E-state index in [1.807, 2.05) is 43.3 Å². The number of nitrogens with zero attached hydrogens (tertiary/aromatic N) is 1. The predicted octanol–water partition coefficient (Wildman–Crippen LogP) is 4.22. The maximum Gasteiger partial charge on any atom is 0.0657 e. The summed E-state index contributed by atoms with van der Waals surface area (Å²) in [6, 6.07) is 12.0. The number of aryl methyl sites for hydroxylation is 1. The van der Waals surface area contributed by atoms with E-state index >= 15 is 0 Å². The molecule has 0 saturated heterocycles. The van der Waals surface area contributed by atoms with Crippen molar-refractivity contribution < 1.29 is 0 Å². The molecule has 2 rings (SSSR count). The molecule has 1 atom stereocenters. The normalized spacial score (nSPS) is 12.2. The number of rotatable bonds is 3. The van der Waals surface area contributed by atoms with Gasteiger partial charge in [0.1, 0.15) is 0 Å². The molecule has 1 aromatic carbocycles. The molecule has 1 unspecified atom stereocenters. The van der Waals surface area contributed by atoms with Crippen molar-refractivity contribution in [3.05, 3.63) is 58.9 Å². The Kier molecular flexibility index (Phi) is 3.64. The molecule has 3 heteroatoms. The number of nitrogens with one attached hydrogen (secondary N) is 1. The van der Waals surface area contributed by atoms with Gasteiger partial charge in [0.2, 0.25) is 0 Å². The van der Waals surface area contributed by atoms with Gasteiger partial charge >= 0.3 is 0 Å². The molecule has 17 heavy (non-hydrogen) atoms. The van der Waals surface area contributed by atoms with Crippen LogP contribution in [-0.4, -0.2) is 4.98 Å². The lowest BCUT2D eigenvalue weighted by atomic mass is 10.2. The van der Waals surface area contributed by atoms with E-state index in [-0.39, 0.29) is 6.04 Å². The predicted molar refractivity (Wildman–Crippen MR) is 72.5 cm³/mol. The Morgan fingerprint density at radius 2 is 2.06 bits per heavy atom. The number of anilines is 1. The van der Waals surface area contributed by atoms with Crippen molar-refractivity contribution in [1.82, 2.24) is 4.98 Å². The van der Waals surface area contributed by atoms with Crippen LogP contribution in [-0.2, 0) is 0 Å². The number of aromatic nitrogens is 1. The second-order valence-corrected chi connectivity index (χ2v) is 4.51. The minimum absolute atomic E-state index is 0.136. The second kappa shape index (κ2) is 5.19. The fraction of sp³-hybridized carbons (Fsp3) is 0.214. The van der Waals surface area contributed by atoms with Gasteiger partial charge in [-0.05, 0) is 43.7 Å². The summed E-state index contributed by atoms with van der Waals surface area (Å²) in [7, 11) is 0. The Morgan fingerprint density at radius 1 is 1.24 bits per heavy atom. The van der Waals surface area contributed by atoms with E-state index in [4.69, 9.17) is 11.6 Å². The third-order valence-corrected chi connectivity index (χ3v) is 2.94. The molecule has 0 radical (unpaired) electrons. The van der Waals surface area contributed by atoms with E-state index in [2.05, 4.69) is 17.2 Å². The molecule has 0 amide bonds. The fourth-order valence-corrected chi connectivity index (χ4v) is 1.97. The van der Waals surface area contributed by atoms with E-state index in [0.29, 0.717) is 0 Å². The van der Waals surface area contributed by atoms with E-state index in [0.717, 1.165) is 22.0 Å². The van der Waals surface area contributed by atoms with Gasteiger partial charge in [0.25, 0.3) is 0 Å². The monoisotopic (exact) mass is 246 g/mol. The van der Waals surface area contributed by atoms with Crippen LogP contribution in [0, 0.1) is 6.92 Å². The molecule has 0 spiro atoms. The zero-order chi connectivity index (χ0) is 12.3. The van der Waals surface area contributed by atoms with Gasteiger partial charge in [-0.2, -0.15) is 0 Å². The zero-order valence-corrected chi connectivity index (χ0v) is 10.7. The lowest BCUT2D eigenvalue weighted by Gasteiger charge is -2.16. The summed E-state index contributed by atoms with van der Waals surface area (Å²) in [5.41, 5.74) is 3.10. The van der Waals surface area contributed by atoms with Crippen LogP contribution in [0.15, 0.2) is 42.6 Å². The average molecular weight is 247 g/mol. The van der Waals surface area contributed by atoms with Crippen LogP contribution >= 0.6 is 11.6 Å². The van der Waals surface area contributed by atoms with Gasteiger partial charge in [0.05, 0.1) is 22.4 Å². The maximum absolute atomic E-state index is 6.18. The third kappa shape index (κ3) is 2.98. The smallest absolute Gasteiger partial charge is 0.0657 e. The Labute approximate surface area is 107 Å². The fourth-order valence-electron chi connectivity index (χ4n) is 1.68. The van der Waals surface area contributed by atoms with Gasteiger partial charge in [0, 0.05) is 6.20 Å². The van der Waals surface area contributed by atoms with Crippen LogP contribution in [0.25, 0.3) is 0 Å². The lowest BCUT2D eigenvalue weighted by molar-refractivity contribution is 0.839. The highest BCUT2D eigenvalue weighted by Crippen LogP contribution is 2.26. The Hall–Kier alpha value is -1.54. The molecule has 0 aliphatic heterocycles. The van der Waals surface area contributed by atoms with Crippen molar-refractivity contribution in [2.75, 3.05) is 5.32 Å². The molecular weight excluding hydrogens is 232 g/mol. The van der Waals surface area contributed by atoms with Gasteiger partial charge in [0.15, 0.2) is 0 Å². The highest BCUT2D eigenvalue weighted by atomic mass is 35.5. The quantitative estimate of drug-likeness (QED) is 0.877. The number of pyridine rings is 1. The minimum atomic E-state index is 0.136. The first-order valence-electron chi connectivity index (χ1n) is 5.60. The molecule has 88 valence electrons. The third-order valence-electron chi connectivity index (χ3n) is 2.63. The average Bonchev–Trinajstić information content (AvgIpc) is 2.34. The second-order valence-electron chi connectivity index (χ2n) is 4.10. The number of hydrogen-bond donors (Lipinski definition) is 1. The van der Waals surface area contributed by atoms with E-state index in [9.17, 15) is 0 Å². The Morgan fingerprint density at radius 3 is 2.71 bits per heavy atom. The summed E-state index contributed by atoms with van der Waals surface area (Å²) in [4.78, 5) is 4.32. The van der Waals surface area contributed by atoms with Gasteiger partial charge in [-0.3, -0.25) is 4.98 Å². The summed E-state index contributed by atoms with van der Waals surface area (Å²) in [6.07, 6.45) is 1.80. The molecule has 1 aromatic heterocycles. The summed E-state index contributed by atoms with van der Waals surface area (Å²) in [5, 5.41) is 4.10. The number of benzene rings is 1. The lowest BCUT2D eigenvalue weighted by Crippen LogP contribution is -2.08. The van der Waals surface area contributed by atoms with Crippen LogP contribution in [0.3, 0.4) is 0 Å². The number of hydrogen-bond acceptors (Lipinski definition) is 2. The minimum Gasteiger partial charge on any atom is -0.376 e. The molecule has 0 saturated carbocycles. The Balaban J connectivity index is 2.16. The van der Waals surface area contributed by atoms with Crippen molar-refractivity contribution in [3.8, 4) is 0 Å². The number of halogens is 1. The van der Waals surface area contributed by atoms with Crippen LogP contribution in [0.1, 0.15) is 24.2 Å². The summed E-state index contributed by atoms with van der Waals surface area (Å²) >= 11 is 6.18. The standard InChI is InChI=1S/C14H15ClN2/c1-10-6-7-14(12(15)9-10)17-11(2)13-5-3-4-8-16-13/h3-9,11,17H,1-2H3. The molecular formula is C14H15ClN2. The van der Waals surface area contributed by atoms with Crippen LogP contribution in [0.2, 0.25) is 5.02 Å². The van der Waals surface area contributed by atoms with Crippen LogP contribution in [0.5, 0.6) is 0 Å². The van der Waals surface area contributed by atoms with E-state index in [1.54, 1.807) is 6.20 Å². The van der Waals surface area contributed by atoms with E-state index in [1.165, 1.54) is 0 Å². The molecule has 0 fully saturated rings. The summed E-state index contributed by atoms with van der Waals surface area (Å²) < 4.78 is 0. The van der Waals surface area contributed by atoms with Crippen molar-refractivity contribution in [2.45, 2.75) is 19.9 Å². The van der Waals surface area contributed by atoms with Gasteiger partial charge in [-0.25, -0.2) is 0 Å². The van der Waals surface area contributed by atoms with Crippen LogP contribution < -0.4 is 5.32 Å². The zero-order valence-electron chi connectivity index (χ0n) is 9.94. The molecule has 0 aliphatic rings. The molecule has 2 aromatic rings. The first kappa shape index (κ1) is 11.9. The maximum atomic E-state index is 6.18. The first-order valence-corrected chi connectivity index (χ1v) is 5.98. The van der Waals surface area contributed by atoms with Crippen molar-refractivity contribution in [1.29, 1.82) is 0 Å². The van der Waals surface area contributed by atoms with Gasteiger partial charge in [-0.1, -0.05) is 23.7 Å². The molecule has 0 bridgehead atoms. The van der Waals surface area contributed by atoms with Gasteiger partial charge in [-0.15, -0.1) is 0 Å². The largest absolute Gasteiger partial charge is 0.376 e. The highest BCUT2D eigenvalue weighted by molar-refractivity contribution is 6.33. The van der Waals surface area contributed by atoms with Gasteiger partial charge < -0.3 is 5.32 Å². The first-order chi connectivity index (χ1) is 8.16. The van der Waals surface area contributed by atoms with Crippen molar-refractivity contribution >= 4 is 17.3 Å². The Bertz CT molecular complexity index is 497. The summed E-state index contributed by atoms with van der Waals surface area (Å²) in [6.45, 7) is 4.09. The van der Waals surface area contributed by atoms with Crippen molar-refractivity contribution in [3.63, 3.8) is 0 Å². The highest BCUT2D eigenvalue weighted by Gasteiger charge is 2.08. The topological polar surface area (TPSA) is 24.9 Å². The molecule has 2 nitrogen and oxygen atoms in total. The molecule has 0 aliphatic carbocycles. The summed E-state index contributed by atoms with van der Waals surface area (Å²) in [5.74, 6) is 0. The molecule has 1 heterocycles. The van der Waals surface area contributed by atoms with Crippen LogP contribution in [0.4, 0.5) is 5.69 Å². The van der Waals surface area contributed by atoms with E-state index < -0.39 is 0 Å². The molecule has 1 N–H and O–H groups in total. The van der Waals surface area contributed by atoms with Crippen molar-refractivity contribution in [2.24, 2.45) is 0 Å². The SMILES string of the molecule is Cc1ccc(NC(C)c2ccccn2)c(Cl)c1.